The van der Waals surface area contributed by atoms with Crippen LogP contribution in [0.2, 0.25) is 0 Å². The molecule has 7 nitrogen and oxygen atoms in total. The van der Waals surface area contributed by atoms with E-state index >= 15 is 0 Å². The summed E-state index contributed by atoms with van der Waals surface area (Å²) in [5, 5.41) is 2.58. The molecule has 0 aliphatic rings. The van der Waals surface area contributed by atoms with E-state index in [1.54, 1.807) is 27.1 Å². The Labute approximate surface area is 125 Å². The molecule has 118 valence electrons. The summed E-state index contributed by atoms with van der Waals surface area (Å²) in [4.78, 5) is 12.8. The lowest BCUT2D eigenvalue weighted by Gasteiger charge is -2.14. The van der Waals surface area contributed by atoms with Gasteiger partial charge < -0.3 is 16.0 Å². The molecule has 0 bridgehead atoms. The summed E-state index contributed by atoms with van der Waals surface area (Å²) in [5.74, 6) is 0. The SMILES string of the molecule is Cc1cc(N)cc(S(=O)(=O)NCCNC(=O)N(C)C)c1C. The maximum atomic E-state index is 12.2. The predicted molar refractivity (Wildman–Crippen MR) is 82.6 cm³/mol. The van der Waals surface area contributed by atoms with Crippen molar-refractivity contribution in [3.05, 3.63) is 23.3 Å². The Balaban J connectivity index is 2.73. The number of hydrogen-bond acceptors (Lipinski definition) is 4. The van der Waals surface area contributed by atoms with Gasteiger partial charge >= 0.3 is 6.03 Å². The minimum Gasteiger partial charge on any atom is -0.399 e. The van der Waals surface area contributed by atoms with E-state index < -0.39 is 10.0 Å². The number of anilines is 1. The van der Waals surface area contributed by atoms with Crippen molar-refractivity contribution in [1.82, 2.24) is 14.9 Å². The zero-order chi connectivity index (χ0) is 16.2. The van der Waals surface area contributed by atoms with Crippen molar-refractivity contribution in [2.45, 2.75) is 18.7 Å². The van der Waals surface area contributed by atoms with Crippen LogP contribution in [0.1, 0.15) is 11.1 Å². The van der Waals surface area contributed by atoms with E-state index in [0.29, 0.717) is 11.3 Å². The van der Waals surface area contributed by atoms with Crippen LogP contribution in [-0.2, 0) is 10.0 Å². The number of aryl methyl sites for hydroxylation is 1. The summed E-state index contributed by atoms with van der Waals surface area (Å²) < 4.78 is 26.9. The van der Waals surface area contributed by atoms with Gasteiger partial charge in [0.15, 0.2) is 0 Å². The molecule has 1 aromatic rings. The Bertz CT molecular complexity index is 627. The molecule has 0 saturated heterocycles. The minimum absolute atomic E-state index is 0.106. The molecule has 1 rings (SSSR count). The third kappa shape index (κ3) is 4.61. The lowest BCUT2D eigenvalue weighted by atomic mass is 10.1. The number of nitrogens with one attached hydrogen (secondary N) is 2. The number of nitrogens with zero attached hydrogens (tertiary/aromatic N) is 1. The van der Waals surface area contributed by atoms with Crippen molar-refractivity contribution in [2.75, 3.05) is 32.9 Å². The second-order valence-corrected chi connectivity index (χ2v) is 6.72. The highest BCUT2D eigenvalue weighted by Gasteiger charge is 2.18. The zero-order valence-electron chi connectivity index (χ0n) is 12.7. The molecule has 0 atom stereocenters. The second-order valence-electron chi connectivity index (χ2n) is 4.99. The third-order valence-electron chi connectivity index (χ3n) is 3.03. The fraction of sp³-hybridized carbons (Fsp3) is 0.462. The maximum Gasteiger partial charge on any atom is 0.316 e. The van der Waals surface area contributed by atoms with Crippen LogP contribution in [0.5, 0.6) is 0 Å². The Morgan fingerprint density at radius 2 is 1.86 bits per heavy atom. The van der Waals surface area contributed by atoms with E-state index in [1.807, 2.05) is 6.92 Å². The van der Waals surface area contributed by atoms with Crippen LogP contribution in [0.4, 0.5) is 10.5 Å². The highest BCUT2D eigenvalue weighted by Crippen LogP contribution is 2.21. The van der Waals surface area contributed by atoms with Crippen LogP contribution in [0.25, 0.3) is 0 Å². The molecular formula is C13H22N4O3S. The number of amides is 2. The van der Waals surface area contributed by atoms with Gasteiger partial charge in [-0.05, 0) is 37.1 Å². The van der Waals surface area contributed by atoms with Crippen molar-refractivity contribution in [1.29, 1.82) is 0 Å². The van der Waals surface area contributed by atoms with Gasteiger partial charge in [0.1, 0.15) is 0 Å². The quantitative estimate of drug-likeness (QED) is 0.541. The van der Waals surface area contributed by atoms with Gasteiger partial charge in [-0.2, -0.15) is 0 Å². The Morgan fingerprint density at radius 3 is 2.43 bits per heavy atom. The molecular weight excluding hydrogens is 292 g/mol. The van der Waals surface area contributed by atoms with Crippen LogP contribution >= 0.6 is 0 Å². The number of benzene rings is 1. The van der Waals surface area contributed by atoms with Gasteiger partial charge in [0.05, 0.1) is 4.90 Å². The number of carbonyl (C=O) groups excluding carboxylic acids is 1. The molecule has 1 aromatic carbocycles. The lowest BCUT2D eigenvalue weighted by molar-refractivity contribution is 0.217. The molecule has 0 aromatic heterocycles. The van der Waals surface area contributed by atoms with E-state index in [0.717, 1.165) is 5.56 Å². The Hall–Kier alpha value is -1.80. The summed E-state index contributed by atoms with van der Waals surface area (Å²) in [6, 6.07) is 2.89. The average molecular weight is 314 g/mol. The van der Waals surface area contributed by atoms with E-state index in [9.17, 15) is 13.2 Å². The number of hydrogen-bond donors (Lipinski definition) is 3. The number of urea groups is 1. The summed E-state index contributed by atoms with van der Waals surface area (Å²) >= 11 is 0. The number of carbonyl (C=O) groups is 1. The normalized spacial score (nSPS) is 11.2. The highest BCUT2D eigenvalue weighted by atomic mass is 32.2. The zero-order valence-corrected chi connectivity index (χ0v) is 13.5. The smallest absolute Gasteiger partial charge is 0.316 e. The average Bonchev–Trinajstić information content (AvgIpc) is 2.38. The largest absolute Gasteiger partial charge is 0.399 e. The fourth-order valence-electron chi connectivity index (χ4n) is 1.72. The molecule has 0 unspecified atom stereocenters. The third-order valence-corrected chi connectivity index (χ3v) is 4.62. The van der Waals surface area contributed by atoms with Crippen molar-refractivity contribution in [3.63, 3.8) is 0 Å². The van der Waals surface area contributed by atoms with E-state index in [4.69, 9.17) is 5.73 Å². The van der Waals surface area contributed by atoms with E-state index in [1.165, 1.54) is 11.0 Å². The molecule has 0 radical (unpaired) electrons. The summed E-state index contributed by atoms with van der Waals surface area (Å²) in [5.41, 5.74) is 7.58. The molecule has 2 amide bonds. The van der Waals surface area contributed by atoms with E-state index in [2.05, 4.69) is 10.0 Å². The van der Waals surface area contributed by atoms with Crippen LogP contribution in [0.15, 0.2) is 17.0 Å². The van der Waals surface area contributed by atoms with Crippen molar-refractivity contribution < 1.29 is 13.2 Å². The lowest BCUT2D eigenvalue weighted by Crippen LogP contribution is -2.39. The molecule has 0 aliphatic carbocycles. The minimum atomic E-state index is -3.65. The topological polar surface area (TPSA) is 105 Å². The van der Waals surface area contributed by atoms with Gasteiger partial charge in [0, 0.05) is 32.9 Å². The molecule has 21 heavy (non-hydrogen) atoms. The van der Waals surface area contributed by atoms with Gasteiger partial charge in [0.25, 0.3) is 0 Å². The molecule has 0 fully saturated rings. The van der Waals surface area contributed by atoms with Gasteiger partial charge in [0.2, 0.25) is 10.0 Å². The van der Waals surface area contributed by atoms with Crippen LogP contribution in [0.3, 0.4) is 0 Å². The summed E-state index contributed by atoms with van der Waals surface area (Å²) in [6.45, 7) is 3.85. The first kappa shape index (κ1) is 17.3. The van der Waals surface area contributed by atoms with Gasteiger partial charge in [-0.1, -0.05) is 0 Å². The molecule has 8 heteroatoms. The second kappa shape index (κ2) is 6.77. The standard InChI is InChI=1S/C13H22N4O3S/c1-9-7-11(14)8-12(10(9)2)21(19,20)16-6-5-15-13(18)17(3)4/h7-8,16H,5-6,14H2,1-4H3,(H,15,18). The molecule has 0 spiro atoms. The maximum absolute atomic E-state index is 12.2. The monoisotopic (exact) mass is 314 g/mol. The number of rotatable bonds is 5. The summed E-state index contributed by atoms with van der Waals surface area (Å²) in [6.07, 6.45) is 0. The van der Waals surface area contributed by atoms with E-state index in [-0.39, 0.29) is 24.0 Å². The number of nitrogens with two attached hydrogens (primary N) is 1. The highest BCUT2D eigenvalue weighted by molar-refractivity contribution is 7.89. The number of sulfonamides is 1. The Morgan fingerprint density at radius 1 is 1.24 bits per heavy atom. The predicted octanol–water partition coefficient (Wildman–Crippen LogP) is 0.435. The number of nitrogen functional groups attached to an aromatic ring is 1. The van der Waals surface area contributed by atoms with Crippen LogP contribution in [-0.4, -0.2) is 46.5 Å². The molecule has 4 N–H and O–H groups in total. The van der Waals surface area contributed by atoms with Crippen molar-refractivity contribution in [2.24, 2.45) is 0 Å². The van der Waals surface area contributed by atoms with Gasteiger partial charge in [-0.15, -0.1) is 0 Å². The summed E-state index contributed by atoms with van der Waals surface area (Å²) in [7, 11) is -0.430. The Kier molecular flexibility index (Phi) is 5.56. The van der Waals surface area contributed by atoms with Gasteiger partial charge in [-0.25, -0.2) is 17.9 Å². The molecule has 0 heterocycles. The molecule has 0 saturated carbocycles. The molecule has 0 aliphatic heterocycles. The van der Waals surface area contributed by atoms with Crippen molar-refractivity contribution >= 4 is 21.7 Å². The van der Waals surface area contributed by atoms with Crippen molar-refractivity contribution in [3.8, 4) is 0 Å². The first-order valence-corrected chi connectivity index (χ1v) is 7.95. The van der Waals surface area contributed by atoms with Crippen LogP contribution in [0, 0.1) is 13.8 Å². The van der Waals surface area contributed by atoms with Crippen LogP contribution < -0.4 is 15.8 Å². The fourth-order valence-corrected chi connectivity index (χ4v) is 3.11. The first-order valence-electron chi connectivity index (χ1n) is 6.46. The van der Waals surface area contributed by atoms with Gasteiger partial charge in [-0.3, -0.25) is 0 Å². The first-order chi connectivity index (χ1) is 9.65.